The van der Waals surface area contributed by atoms with Crippen LogP contribution in [0.1, 0.15) is 59.8 Å². The van der Waals surface area contributed by atoms with Crippen LogP contribution in [-0.2, 0) is 9.59 Å². The third kappa shape index (κ3) is 6.57. The summed E-state index contributed by atoms with van der Waals surface area (Å²) in [6.45, 7) is 14.5. The van der Waals surface area contributed by atoms with Gasteiger partial charge in [-0.05, 0) is 57.0 Å². The Morgan fingerprint density at radius 1 is 0.885 bits per heavy atom. The number of rotatable bonds is 7. The Labute approximate surface area is 160 Å². The van der Waals surface area contributed by atoms with Gasteiger partial charge < -0.3 is 9.80 Å². The van der Waals surface area contributed by atoms with Crippen LogP contribution in [0.25, 0.3) is 0 Å². The second-order valence-corrected chi connectivity index (χ2v) is 9.02. The van der Waals surface area contributed by atoms with E-state index in [-0.39, 0.29) is 11.8 Å². The molecule has 2 rings (SSSR count). The molecule has 0 unspecified atom stereocenters. The molecule has 0 bridgehead atoms. The number of hydrogen-bond acceptors (Lipinski definition) is 3. The van der Waals surface area contributed by atoms with Gasteiger partial charge in [0.25, 0.3) is 0 Å². The Hall–Kier alpha value is -1.10. The quantitative estimate of drug-likeness (QED) is 0.697. The minimum atomic E-state index is 0.168. The summed E-state index contributed by atoms with van der Waals surface area (Å²) in [7, 11) is 0. The fourth-order valence-corrected chi connectivity index (χ4v) is 4.16. The van der Waals surface area contributed by atoms with E-state index in [2.05, 4.69) is 37.5 Å². The van der Waals surface area contributed by atoms with Crippen LogP contribution in [0.2, 0.25) is 0 Å². The molecule has 0 radical (unpaired) electrons. The summed E-state index contributed by atoms with van der Waals surface area (Å²) in [5, 5.41) is 0. The SMILES string of the molecule is CC(C)CN(CC(C)C)C(=O)CN1CCC(C(=O)N2CCCCC2)CC1. The van der Waals surface area contributed by atoms with Crippen LogP contribution in [0.3, 0.4) is 0 Å². The first-order chi connectivity index (χ1) is 12.4. The van der Waals surface area contributed by atoms with Crippen LogP contribution in [0.15, 0.2) is 0 Å². The second-order valence-electron chi connectivity index (χ2n) is 9.02. The lowest BCUT2D eigenvalue weighted by molar-refractivity contribution is -0.138. The molecule has 0 atom stereocenters. The Morgan fingerprint density at radius 3 is 1.92 bits per heavy atom. The second kappa shape index (κ2) is 10.3. The van der Waals surface area contributed by atoms with Gasteiger partial charge in [-0.2, -0.15) is 0 Å². The molecule has 5 nitrogen and oxygen atoms in total. The maximum Gasteiger partial charge on any atom is 0.236 e. The van der Waals surface area contributed by atoms with Gasteiger partial charge >= 0.3 is 0 Å². The van der Waals surface area contributed by atoms with Crippen LogP contribution in [0, 0.1) is 17.8 Å². The molecule has 2 aliphatic rings. The predicted molar refractivity (Wildman–Crippen MR) is 106 cm³/mol. The average molecular weight is 366 g/mol. The number of carbonyl (C=O) groups is 2. The zero-order valence-corrected chi connectivity index (χ0v) is 17.4. The first kappa shape index (κ1) is 21.2. The van der Waals surface area contributed by atoms with Crippen molar-refractivity contribution in [3.8, 4) is 0 Å². The normalized spacial score (nSPS) is 20.0. The van der Waals surface area contributed by atoms with Crippen molar-refractivity contribution in [2.75, 3.05) is 45.8 Å². The largest absolute Gasteiger partial charge is 0.342 e. The van der Waals surface area contributed by atoms with Gasteiger partial charge in [0.2, 0.25) is 11.8 Å². The lowest BCUT2D eigenvalue weighted by Crippen LogP contribution is -2.48. The van der Waals surface area contributed by atoms with Gasteiger partial charge in [-0.1, -0.05) is 27.7 Å². The Morgan fingerprint density at radius 2 is 1.42 bits per heavy atom. The molecule has 2 fully saturated rings. The van der Waals surface area contributed by atoms with Crippen molar-refractivity contribution >= 4 is 11.8 Å². The highest BCUT2D eigenvalue weighted by atomic mass is 16.2. The van der Waals surface area contributed by atoms with E-state index in [1.165, 1.54) is 6.42 Å². The molecule has 5 heteroatoms. The fourth-order valence-electron chi connectivity index (χ4n) is 4.16. The number of likely N-dealkylation sites (tertiary alicyclic amines) is 2. The lowest BCUT2D eigenvalue weighted by atomic mass is 9.94. The van der Waals surface area contributed by atoms with Gasteiger partial charge in [-0.3, -0.25) is 14.5 Å². The van der Waals surface area contributed by atoms with Crippen LogP contribution in [0.4, 0.5) is 0 Å². The van der Waals surface area contributed by atoms with Crippen molar-refractivity contribution in [3.05, 3.63) is 0 Å². The van der Waals surface area contributed by atoms with Gasteiger partial charge in [0, 0.05) is 32.1 Å². The maximum atomic E-state index is 12.8. The average Bonchev–Trinajstić information content (AvgIpc) is 2.61. The maximum absolute atomic E-state index is 12.8. The van der Waals surface area contributed by atoms with Gasteiger partial charge in [-0.15, -0.1) is 0 Å². The Bertz CT molecular complexity index is 440. The molecule has 2 saturated heterocycles. The summed E-state index contributed by atoms with van der Waals surface area (Å²) in [5.41, 5.74) is 0. The molecular weight excluding hydrogens is 326 g/mol. The lowest BCUT2D eigenvalue weighted by Gasteiger charge is -2.36. The smallest absolute Gasteiger partial charge is 0.236 e. The van der Waals surface area contributed by atoms with E-state index in [9.17, 15) is 9.59 Å². The first-order valence-electron chi connectivity index (χ1n) is 10.7. The molecule has 0 saturated carbocycles. The van der Waals surface area contributed by atoms with Crippen molar-refractivity contribution in [2.24, 2.45) is 17.8 Å². The molecule has 150 valence electrons. The molecular formula is C21H39N3O2. The molecule has 2 heterocycles. The standard InChI is InChI=1S/C21H39N3O2/c1-17(2)14-24(15-18(3)4)20(25)16-22-12-8-19(9-13-22)21(26)23-10-6-5-7-11-23/h17-19H,5-16H2,1-4H3. The molecule has 2 aliphatic heterocycles. The molecule has 0 N–H and O–H groups in total. The molecule has 0 aromatic carbocycles. The minimum absolute atomic E-state index is 0.168. The van der Waals surface area contributed by atoms with E-state index >= 15 is 0 Å². The van der Waals surface area contributed by atoms with Gasteiger partial charge in [0.1, 0.15) is 0 Å². The van der Waals surface area contributed by atoms with Crippen LogP contribution < -0.4 is 0 Å². The van der Waals surface area contributed by atoms with E-state index in [1.807, 2.05) is 4.90 Å². The summed E-state index contributed by atoms with van der Waals surface area (Å²) in [4.78, 5) is 31.8. The van der Waals surface area contributed by atoms with E-state index in [1.54, 1.807) is 0 Å². The van der Waals surface area contributed by atoms with Crippen LogP contribution in [-0.4, -0.2) is 72.3 Å². The summed E-state index contributed by atoms with van der Waals surface area (Å²) in [6.07, 6.45) is 5.36. The number of amides is 2. The Kier molecular flexibility index (Phi) is 8.39. The number of hydrogen-bond donors (Lipinski definition) is 0. The highest BCUT2D eigenvalue weighted by molar-refractivity contribution is 5.79. The van der Waals surface area contributed by atoms with Crippen molar-refractivity contribution in [1.29, 1.82) is 0 Å². The van der Waals surface area contributed by atoms with Crippen molar-refractivity contribution in [1.82, 2.24) is 14.7 Å². The summed E-state index contributed by atoms with van der Waals surface area (Å²) < 4.78 is 0. The zero-order chi connectivity index (χ0) is 19.1. The topological polar surface area (TPSA) is 43.9 Å². The highest BCUT2D eigenvalue weighted by Gasteiger charge is 2.30. The molecule has 0 aromatic rings. The highest BCUT2D eigenvalue weighted by Crippen LogP contribution is 2.22. The van der Waals surface area contributed by atoms with E-state index in [0.29, 0.717) is 24.3 Å². The Balaban J connectivity index is 1.79. The zero-order valence-electron chi connectivity index (χ0n) is 17.4. The number of nitrogens with zero attached hydrogens (tertiary/aromatic N) is 3. The third-order valence-corrected chi connectivity index (χ3v) is 5.49. The van der Waals surface area contributed by atoms with Crippen LogP contribution >= 0.6 is 0 Å². The first-order valence-corrected chi connectivity index (χ1v) is 10.7. The molecule has 26 heavy (non-hydrogen) atoms. The van der Waals surface area contributed by atoms with Crippen molar-refractivity contribution in [2.45, 2.75) is 59.8 Å². The third-order valence-electron chi connectivity index (χ3n) is 5.49. The van der Waals surface area contributed by atoms with E-state index in [0.717, 1.165) is 65.0 Å². The van der Waals surface area contributed by atoms with Gasteiger partial charge in [-0.25, -0.2) is 0 Å². The van der Waals surface area contributed by atoms with E-state index in [4.69, 9.17) is 0 Å². The van der Waals surface area contributed by atoms with Crippen molar-refractivity contribution in [3.63, 3.8) is 0 Å². The summed E-state index contributed by atoms with van der Waals surface area (Å²) >= 11 is 0. The number of carbonyl (C=O) groups excluding carboxylic acids is 2. The van der Waals surface area contributed by atoms with Gasteiger partial charge in [0.05, 0.1) is 6.54 Å². The molecule has 0 spiro atoms. The van der Waals surface area contributed by atoms with Crippen molar-refractivity contribution < 1.29 is 9.59 Å². The monoisotopic (exact) mass is 365 g/mol. The summed E-state index contributed by atoms with van der Waals surface area (Å²) in [5.74, 6) is 1.75. The van der Waals surface area contributed by atoms with Gasteiger partial charge in [0.15, 0.2) is 0 Å². The predicted octanol–water partition coefficient (Wildman–Crippen LogP) is 2.85. The molecule has 0 aromatic heterocycles. The van der Waals surface area contributed by atoms with Crippen LogP contribution in [0.5, 0.6) is 0 Å². The minimum Gasteiger partial charge on any atom is -0.342 e. The fraction of sp³-hybridized carbons (Fsp3) is 0.905. The number of piperidine rings is 2. The summed E-state index contributed by atoms with van der Waals surface area (Å²) in [6, 6.07) is 0. The molecule has 0 aliphatic carbocycles. The van der Waals surface area contributed by atoms with E-state index < -0.39 is 0 Å². The molecule has 2 amide bonds.